The molecule has 1 atom stereocenters. The van der Waals surface area contributed by atoms with E-state index >= 15 is 0 Å². The molecule has 1 aliphatic rings. The summed E-state index contributed by atoms with van der Waals surface area (Å²) in [6.45, 7) is 11.7. The number of amides is 1. The van der Waals surface area contributed by atoms with Crippen LogP contribution in [0.5, 0.6) is 5.75 Å². The summed E-state index contributed by atoms with van der Waals surface area (Å²) in [5.74, 6) is 0.834. The molecule has 1 aromatic carbocycles. The highest BCUT2D eigenvalue weighted by Gasteiger charge is 2.26. The molecule has 0 saturated carbocycles. The van der Waals surface area contributed by atoms with Crippen molar-refractivity contribution in [3.63, 3.8) is 0 Å². The van der Waals surface area contributed by atoms with Crippen molar-refractivity contribution in [3.05, 3.63) is 29.8 Å². The lowest BCUT2D eigenvalue weighted by atomic mass is 10.2. The topological polar surface area (TPSA) is 32.8 Å². The van der Waals surface area contributed by atoms with Gasteiger partial charge in [-0.15, -0.1) is 0 Å². The van der Waals surface area contributed by atoms with Gasteiger partial charge in [0.1, 0.15) is 5.75 Å². The lowest BCUT2D eigenvalue weighted by Crippen LogP contribution is -2.53. The maximum atomic E-state index is 12.4. The number of carbonyl (C=O) groups excluding carboxylic acids is 1. The molecule has 0 bridgehead atoms. The molecule has 0 radical (unpaired) electrons. The van der Waals surface area contributed by atoms with Crippen LogP contribution in [-0.2, 0) is 4.79 Å². The molecule has 1 aliphatic heterocycles. The molecule has 1 heterocycles. The highest BCUT2D eigenvalue weighted by atomic mass is 16.5. The number of hydrogen-bond acceptors (Lipinski definition) is 3. The van der Waals surface area contributed by atoms with Gasteiger partial charge < -0.3 is 9.64 Å². The third-order valence-corrected chi connectivity index (χ3v) is 4.04. The van der Waals surface area contributed by atoms with Gasteiger partial charge in [0, 0.05) is 32.2 Å². The van der Waals surface area contributed by atoms with Crippen molar-refractivity contribution in [1.82, 2.24) is 9.80 Å². The van der Waals surface area contributed by atoms with Crippen molar-refractivity contribution >= 4 is 5.91 Å². The number of carbonyl (C=O) groups is 1. The number of piperazine rings is 1. The fraction of sp³-hybridized carbons (Fsp3) is 0.588. The largest absolute Gasteiger partial charge is 0.481 e. The van der Waals surface area contributed by atoms with Crippen LogP contribution in [0.15, 0.2) is 24.3 Å². The van der Waals surface area contributed by atoms with Crippen molar-refractivity contribution in [3.8, 4) is 5.75 Å². The first-order chi connectivity index (χ1) is 9.97. The lowest BCUT2D eigenvalue weighted by Gasteiger charge is -2.37. The minimum Gasteiger partial charge on any atom is -0.481 e. The maximum absolute atomic E-state index is 12.4. The van der Waals surface area contributed by atoms with Crippen molar-refractivity contribution in [2.45, 2.75) is 39.8 Å². The monoisotopic (exact) mass is 290 g/mol. The number of hydrogen-bond donors (Lipinski definition) is 0. The van der Waals surface area contributed by atoms with Crippen molar-refractivity contribution in [2.24, 2.45) is 0 Å². The summed E-state index contributed by atoms with van der Waals surface area (Å²) >= 11 is 0. The number of ether oxygens (including phenoxy) is 1. The fourth-order valence-electron chi connectivity index (χ4n) is 2.59. The first-order valence-electron chi connectivity index (χ1n) is 7.73. The van der Waals surface area contributed by atoms with Crippen LogP contribution in [0.2, 0.25) is 0 Å². The van der Waals surface area contributed by atoms with E-state index in [0.29, 0.717) is 6.04 Å². The summed E-state index contributed by atoms with van der Waals surface area (Å²) in [7, 11) is 0. The van der Waals surface area contributed by atoms with Crippen molar-refractivity contribution in [2.75, 3.05) is 26.2 Å². The minimum absolute atomic E-state index is 0.0824. The Kier molecular flexibility index (Phi) is 5.23. The van der Waals surface area contributed by atoms with E-state index < -0.39 is 6.10 Å². The predicted molar refractivity (Wildman–Crippen MR) is 84.6 cm³/mol. The number of nitrogens with zero attached hydrogens (tertiary/aromatic N) is 2. The van der Waals surface area contributed by atoms with E-state index in [1.807, 2.05) is 43.0 Å². The Bertz CT molecular complexity index is 462. The van der Waals surface area contributed by atoms with Gasteiger partial charge in [0.25, 0.3) is 5.91 Å². The van der Waals surface area contributed by atoms with Crippen molar-refractivity contribution in [1.29, 1.82) is 0 Å². The molecule has 1 aromatic rings. The third kappa shape index (κ3) is 4.21. The fourth-order valence-corrected chi connectivity index (χ4v) is 2.59. The van der Waals surface area contributed by atoms with E-state index in [-0.39, 0.29) is 5.91 Å². The number of aryl methyl sites for hydroxylation is 1. The quantitative estimate of drug-likeness (QED) is 0.853. The van der Waals surface area contributed by atoms with Crippen LogP contribution in [0.4, 0.5) is 0 Å². The SMILES string of the molecule is Cc1ccc(OC(C)C(=O)N2CCN(C(C)C)CC2)cc1. The zero-order valence-electron chi connectivity index (χ0n) is 13.5. The second kappa shape index (κ2) is 6.94. The first kappa shape index (κ1) is 15.8. The van der Waals surface area contributed by atoms with E-state index in [1.54, 1.807) is 0 Å². The molecule has 0 spiro atoms. The Hall–Kier alpha value is -1.55. The molecule has 116 valence electrons. The van der Waals surface area contributed by atoms with Crippen LogP contribution in [0.3, 0.4) is 0 Å². The molecule has 21 heavy (non-hydrogen) atoms. The second-order valence-corrected chi connectivity index (χ2v) is 6.03. The molecule has 1 unspecified atom stereocenters. The van der Waals surface area contributed by atoms with Gasteiger partial charge in [0.15, 0.2) is 6.10 Å². The molecule has 4 nitrogen and oxygen atoms in total. The summed E-state index contributed by atoms with van der Waals surface area (Å²) in [5, 5.41) is 0. The highest BCUT2D eigenvalue weighted by molar-refractivity contribution is 5.81. The molecule has 0 aromatic heterocycles. The minimum atomic E-state index is -0.432. The van der Waals surface area contributed by atoms with Crippen LogP contribution in [0, 0.1) is 6.92 Å². The van der Waals surface area contributed by atoms with E-state index in [9.17, 15) is 4.79 Å². The molecule has 1 saturated heterocycles. The Morgan fingerprint density at radius 2 is 1.62 bits per heavy atom. The van der Waals surface area contributed by atoms with E-state index in [4.69, 9.17) is 4.74 Å². The van der Waals surface area contributed by atoms with Gasteiger partial charge in [-0.05, 0) is 39.8 Å². The number of benzene rings is 1. The van der Waals surface area contributed by atoms with Crippen LogP contribution in [0.25, 0.3) is 0 Å². The summed E-state index contributed by atoms with van der Waals surface area (Å²) in [5.41, 5.74) is 1.19. The van der Waals surface area contributed by atoms with Gasteiger partial charge in [0.2, 0.25) is 0 Å². The highest BCUT2D eigenvalue weighted by Crippen LogP contribution is 2.15. The van der Waals surface area contributed by atoms with Gasteiger partial charge in [-0.25, -0.2) is 0 Å². The summed E-state index contributed by atoms with van der Waals surface area (Å²) in [6.07, 6.45) is -0.432. The Morgan fingerprint density at radius 3 is 2.14 bits per heavy atom. The van der Waals surface area contributed by atoms with Crippen LogP contribution in [-0.4, -0.2) is 54.0 Å². The summed E-state index contributed by atoms with van der Waals surface area (Å²) < 4.78 is 5.75. The Labute approximate surface area is 127 Å². The molecular weight excluding hydrogens is 264 g/mol. The third-order valence-electron chi connectivity index (χ3n) is 4.04. The smallest absolute Gasteiger partial charge is 0.263 e. The molecule has 0 aliphatic carbocycles. The average molecular weight is 290 g/mol. The van der Waals surface area contributed by atoms with E-state index in [2.05, 4.69) is 18.7 Å². The molecule has 4 heteroatoms. The molecule has 2 rings (SSSR count). The average Bonchev–Trinajstić information content (AvgIpc) is 2.49. The van der Waals surface area contributed by atoms with E-state index in [1.165, 1.54) is 5.56 Å². The van der Waals surface area contributed by atoms with Crippen LogP contribution < -0.4 is 4.74 Å². The molecule has 1 amide bonds. The maximum Gasteiger partial charge on any atom is 0.263 e. The predicted octanol–water partition coefficient (Wildman–Crippen LogP) is 2.31. The Morgan fingerprint density at radius 1 is 1.05 bits per heavy atom. The van der Waals surface area contributed by atoms with Crippen molar-refractivity contribution < 1.29 is 9.53 Å². The van der Waals surface area contributed by atoms with Crippen LogP contribution in [0.1, 0.15) is 26.3 Å². The van der Waals surface area contributed by atoms with E-state index in [0.717, 1.165) is 31.9 Å². The van der Waals surface area contributed by atoms with Gasteiger partial charge in [-0.1, -0.05) is 17.7 Å². The van der Waals surface area contributed by atoms with Gasteiger partial charge >= 0.3 is 0 Å². The van der Waals surface area contributed by atoms with Gasteiger partial charge in [0.05, 0.1) is 0 Å². The zero-order valence-corrected chi connectivity index (χ0v) is 13.5. The van der Waals surface area contributed by atoms with Gasteiger partial charge in [-0.2, -0.15) is 0 Å². The summed E-state index contributed by atoms with van der Waals surface area (Å²) in [6, 6.07) is 8.36. The standard InChI is InChI=1S/C17H26N2O2/c1-13(2)18-9-11-19(12-10-18)17(20)15(4)21-16-7-5-14(3)6-8-16/h5-8,13,15H,9-12H2,1-4H3. The normalized spacial score (nSPS) is 17.9. The van der Waals surface area contributed by atoms with Gasteiger partial charge in [-0.3, -0.25) is 9.69 Å². The van der Waals surface area contributed by atoms with Crippen LogP contribution >= 0.6 is 0 Å². The molecular formula is C17H26N2O2. The lowest BCUT2D eigenvalue weighted by molar-refractivity contribution is -0.140. The Balaban J connectivity index is 1.87. The second-order valence-electron chi connectivity index (χ2n) is 6.03. The summed E-state index contributed by atoms with van der Waals surface area (Å²) in [4.78, 5) is 16.7. The zero-order chi connectivity index (χ0) is 15.4. The molecule has 1 fully saturated rings. The molecule has 0 N–H and O–H groups in total. The number of rotatable bonds is 4. The first-order valence-corrected chi connectivity index (χ1v) is 7.73.